The minimum Gasteiger partial charge on any atom is -0.329 e. The number of nitrogens with two attached hydrogens (primary N) is 1. The third-order valence-electron chi connectivity index (χ3n) is 2.51. The number of imidazole rings is 1. The maximum atomic E-state index is 5.88. The van der Waals surface area contributed by atoms with Crippen molar-refractivity contribution in [2.24, 2.45) is 5.73 Å². The molecule has 0 aliphatic carbocycles. The highest BCUT2D eigenvalue weighted by atomic mass is 79.9. The number of aromatic nitrogens is 2. The second kappa shape index (κ2) is 4.80. The Hall–Kier alpha value is -1.13. The van der Waals surface area contributed by atoms with E-state index >= 15 is 0 Å². The molecule has 0 unspecified atom stereocenters. The number of hydrogen-bond donors (Lipinski definition) is 1. The fourth-order valence-corrected chi connectivity index (χ4v) is 2.06. The third kappa shape index (κ3) is 2.33. The minimum atomic E-state index is 0.00462. The average Bonchev–Trinajstić information content (AvgIpc) is 2.69. The SMILES string of the molecule is C[C@@H](N)c1cncn1Cc1ccccc1Br. The second-order valence-electron chi connectivity index (χ2n) is 3.83. The summed E-state index contributed by atoms with van der Waals surface area (Å²) in [4.78, 5) is 4.14. The molecular formula is C12H14BrN3. The first kappa shape index (κ1) is 11.4. The smallest absolute Gasteiger partial charge is 0.0951 e. The summed E-state index contributed by atoms with van der Waals surface area (Å²) in [5.41, 5.74) is 8.15. The van der Waals surface area contributed by atoms with Gasteiger partial charge in [-0.25, -0.2) is 4.98 Å². The highest BCUT2D eigenvalue weighted by Crippen LogP contribution is 2.18. The molecule has 0 aliphatic heterocycles. The molecule has 0 saturated heterocycles. The zero-order chi connectivity index (χ0) is 11.5. The normalized spacial score (nSPS) is 12.7. The molecule has 1 aromatic carbocycles. The molecule has 0 bridgehead atoms. The first-order valence-electron chi connectivity index (χ1n) is 5.17. The molecule has 0 radical (unpaired) electrons. The molecule has 0 aliphatic rings. The van der Waals surface area contributed by atoms with Gasteiger partial charge in [0.15, 0.2) is 0 Å². The Morgan fingerprint density at radius 2 is 2.19 bits per heavy atom. The molecule has 0 fully saturated rings. The molecule has 2 N–H and O–H groups in total. The van der Waals surface area contributed by atoms with Crippen LogP contribution in [0.25, 0.3) is 0 Å². The Morgan fingerprint density at radius 1 is 1.44 bits per heavy atom. The first-order chi connectivity index (χ1) is 7.68. The lowest BCUT2D eigenvalue weighted by Gasteiger charge is -2.11. The zero-order valence-electron chi connectivity index (χ0n) is 9.10. The number of benzene rings is 1. The predicted octanol–water partition coefficient (Wildman–Crippen LogP) is 2.71. The van der Waals surface area contributed by atoms with Crippen molar-refractivity contribution < 1.29 is 0 Å². The lowest BCUT2D eigenvalue weighted by atomic mass is 10.2. The summed E-state index contributed by atoms with van der Waals surface area (Å²) in [7, 11) is 0. The molecule has 84 valence electrons. The van der Waals surface area contributed by atoms with Crippen LogP contribution in [0.4, 0.5) is 0 Å². The Balaban J connectivity index is 2.27. The van der Waals surface area contributed by atoms with Crippen LogP contribution < -0.4 is 5.73 Å². The lowest BCUT2D eigenvalue weighted by Crippen LogP contribution is -2.12. The van der Waals surface area contributed by atoms with Gasteiger partial charge in [-0.3, -0.25) is 0 Å². The second-order valence-corrected chi connectivity index (χ2v) is 4.68. The van der Waals surface area contributed by atoms with E-state index in [1.807, 2.05) is 37.6 Å². The topological polar surface area (TPSA) is 43.8 Å². The van der Waals surface area contributed by atoms with E-state index in [1.54, 1.807) is 0 Å². The number of rotatable bonds is 3. The van der Waals surface area contributed by atoms with E-state index in [9.17, 15) is 0 Å². The van der Waals surface area contributed by atoms with E-state index in [2.05, 4.69) is 31.5 Å². The summed E-state index contributed by atoms with van der Waals surface area (Å²) < 4.78 is 3.18. The van der Waals surface area contributed by atoms with E-state index in [0.717, 1.165) is 16.7 Å². The molecule has 0 amide bonds. The standard InChI is InChI=1S/C12H14BrN3/c1-9(14)12-6-15-8-16(12)7-10-4-2-3-5-11(10)13/h2-6,8-9H,7,14H2,1H3/t9-/m1/s1. The van der Waals surface area contributed by atoms with Crippen LogP contribution in [0.3, 0.4) is 0 Å². The quantitative estimate of drug-likeness (QED) is 0.939. The van der Waals surface area contributed by atoms with Crippen LogP contribution in [-0.4, -0.2) is 9.55 Å². The Morgan fingerprint density at radius 3 is 2.88 bits per heavy atom. The van der Waals surface area contributed by atoms with Gasteiger partial charge in [0.05, 0.1) is 12.0 Å². The highest BCUT2D eigenvalue weighted by molar-refractivity contribution is 9.10. The van der Waals surface area contributed by atoms with Crippen molar-refractivity contribution in [1.29, 1.82) is 0 Å². The van der Waals surface area contributed by atoms with Crippen LogP contribution in [-0.2, 0) is 6.54 Å². The summed E-state index contributed by atoms with van der Waals surface area (Å²) in [6.07, 6.45) is 3.64. The van der Waals surface area contributed by atoms with Crippen molar-refractivity contribution in [2.45, 2.75) is 19.5 Å². The third-order valence-corrected chi connectivity index (χ3v) is 3.28. The van der Waals surface area contributed by atoms with Gasteiger partial charge >= 0.3 is 0 Å². The molecule has 3 nitrogen and oxygen atoms in total. The van der Waals surface area contributed by atoms with Gasteiger partial charge < -0.3 is 10.3 Å². The average molecular weight is 280 g/mol. The largest absolute Gasteiger partial charge is 0.329 e. The van der Waals surface area contributed by atoms with Gasteiger partial charge in [0.2, 0.25) is 0 Å². The van der Waals surface area contributed by atoms with Gasteiger partial charge in [0.1, 0.15) is 0 Å². The molecule has 0 saturated carbocycles. The lowest BCUT2D eigenvalue weighted by molar-refractivity contribution is 0.673. The van der Waals surface area contributed by atoms with Crippen LogP contribution in [0.5, 0.6) is 0 Å². The zero-order valence-corrected chi connectivity index (χ0v) is 10.7. The Bertz CT molecular complexity index is 477. The monoisotopic (exact) mass is 279 g/mol. The molecule has 1 atom stereocenters. The van der Waals surface area contributed by atoms with Gasteiger partial charge in [-0.1, -0.05) is 34.1 Å². The van der Waals surface area contributed by atoms with Crippen LogP contribution >= 0.6 is 15.9 Å². The first-order valence-corrected chi connectivity index (χ1v) is 5.97. The maximum Gasteiger partial charge on any atom is 0.0951 e. The van der Waals surface area contributed by atoms with Gasteiger partial charge in [-0.2, -0.15) is 0 Å². The van der Waals surface area contributed by atoms with E-state index in [-0.39, 0.29) is 6.04 Å². The fraction of sp³-hybridized carbons (Fsp3) is 0.250. The number of nitrogens with zero attached hydrogens (tertiary/aromatic N) is 2. The van der Waals surface area contributed by atoms with E-state index < -0.39 is 0 Å². The minimum absolute atomic E-state index is 0.00462. The summed E-state index contributed by atoms with van der Waals surface area (Å²) >= 11 is 3.54. The van der Waals surface area contributed by atoms with Crippen molar-refractivity contribution in [3.05, 3.63) is 52.5 Å². The number of hydrogen-bond acceptors (Lipinski definition) is 2. The molecule has 1 aromatic heterocycles. The molecule has 16 heavy (non-hydrogen) atoms. The maximum absolute atomic E-state index is 5.88. The molecule has 0 spiro atoms. The van der Waals surface area contributed by atoms with Crippen molar-refractivity contribution in [1.82, 2.24) is 9.55 Å². The van der Waals surface area contributed by atoms with Gasteiger partial charge in [0.25, 0.3) is 0 Å². The van der Waals surface area contributed by atoms with Crippen molar-refractivity contribution in [2.75, 3.05) is 0 Å². The summed E-state index contributed by atoms with van der Waals surface area (Å²) in [6, 6.07) is 8.17. The van der Waals surface area contributed by atoms with Crippen LogP contribution in [0, 0.1) is 0 Å². The van der Waals surface area contributed by atoms with Crippen molar-refractivity contribution in [3.63, 3.8) is 0 Å². The molecular weight excluding hydrogens is 266 g/mol. The molecule has 2 rings (SSSR count). The van der Waals surface area contributed by atoms with Gasteiger partial charge in [-0.05, 0) is 18.6 Å². The molecule has 1 heterocycles. The van der Waals surface area contributed by atoms with E-state index in [4.69, 9.17) is 5.73 Å². The Labute approximate surface area is 103 Å². The summed E-state index contributed by atoms with van der Waals surface area (Å²) in [6.45, 7) is 2.76. The van der Waals surface area contributed by atoms with Crippen molar-refractivity contribution >= 4 is 15.9 Å². The van der Waals surface area contributed by atoms with Crippen LogP contribution in [0.15, 0.2) is 41.3 Å². The van der Waals surface area contributed by atoms with Crippen molar-refractivity contribution in [3.8, 4) is 0 Å². The highest BCUT2D eigenvalue weighted by Gasteiger charge is 2.07. The van der Waals surface area contributed by atoms with Crippen LogP contribution in [0.2, 0.25) is 0 Å². The van der Waals surface area contributed by atoms with Gasteiger partial charge in [0, 0.05) is 23.3 Å². The summed E-state index contributed by atoms with van der Waals surface area (Å²) in [5.74, 6) is 0. The van der Waals surface area contributed by atoms with E-state index in [1.165, 1.54) is 5.56 Å². The van der Waals surface area contributed by atoms with Gasteiger partial charge in [-0.15, -0.1) is 0 Å². The van der Waals surface area contributed by atoms with Crippen LogP contribution in [0.1, 0.15) is 24.2 Å². The Kier molecular flexibility index (Phi) is 3.41. The number of halogens is 1. The predicted molar refractivity (Wildman–Crippen MR) is 68.1 cm³/mol. The molecule has 2 aromatic rings. The fourth-order valence-electron chi connectivity index (χ4n) is 1.65. The van der Waals surface area contributed by atoms with E-state index in [0.29, 0.717) is 0 Å². The molecule has 4 heteroatoms. The summed E-state index contributed by atoms with van der Waals surface area (Å²) in [5, 5.41) is 0.